The van der Waals surface area contributed by atoms with Gasteiger partial charge < -0.3 is 25.6 Å². The second kappa shape index (κ2) is 7.03. The van der Waals surface area contributed by atoms with Crippen molar-refractivity contribution in [1.82, 2.24) is 5.32 Å². The Morgan fingerprint density at radius 2 is 1.85 bits per heavy atom. The number of phenols is 2. The smallest absolute Gasteiger partial charge is 0.333 e. The normalized spacial score (nSPS) is 9.65. The zero-order chi connectivity index (χ0) is 15.1. The molecule has 4 N–H and O–H groups in total. The summed E-state index contributed by atoms with van der Waals surface area (Å²) in [5.74, 6) is -0.864. The number of hydrogen-bond donors (Lipinski definition) is 4. The van der Waals surface area contributed by atoms with Crippen LogP contribution >= 0.6 is 0 Å². The van der Waals surface area contributed by atoms with Gasteiger partial charge in [0.15, 0.2) is 0 Å². The first-order valence-corrected chi connectivity index (χ1v) is 5.79. The molecule has 0 saturated carbocycles. The first-order chi connectivity index (χ1) is 9.38. The topological polar surface area (TPSA) is 108 Å². The van der Waals surface area contributed by atoms with Gasteiger partial charge in [-0.15, -0.1) is 0 Å². The minimum Gasteiger partial charge on any atom is -0.508 e. The molecule has 20 heavy (non-hydrogen) atoms. The van der Waals surface area contributed by atoms with E-state index in [1.165, 1.54) is 19.1 Å². The number of esters is 1. The summed E-state index contributed by atoms with van der Waals surface area (Å²) in [5, 5.41) is 23.3. The van der Waals surface area contributed by atoms with Crippen LogP contribution in [-0.2, 0) is 9.53 Å². The number of anilines is 1. The zero-order valence-electron chi connectivity index (χ0n) is 11.0. The van der Waals surface area contributed by atoms with Crippen LogP contribution in [0.5, 0.6) is 11.5 Å². The predicted octanol–water partition coefficient (Wildman–Crippen LogP) is 1.34. The number of benzene rings is 1. The fourth-order valence-corrected chi connectivity index (χ4v) is 1.27. The van der Waals surface area contributed by atoms with Crippen LogP contribution in [0.15, 0.2) is 30.4 Å². The largest absolute Gasteiger partial charge is 0.508 e. The van der Waals surface area contributed by atoms with Gasteiger partial charge in [-0.1, -0.05) is 6.58 Å². The minimum atomic E-state index is -0.554. The van der Waals surface area contributed by atoms with E-state index in [4.69, 9.17) is 4.74 Å². The van der Waals surface area contributed by atoms with Crippen LogP contribution in [0.3, 0.4) is 0 Å². The molecule has 1 aromatic rings. The van der Waals surface area contributed by atoms with Crippen LogP contribution in [0.2, 0.25) is 0 Å². The van der Waals surface area contributed by atoms with Gasteiger partial charge in [0.1, 0.15) is 18.1 Å². The standard InChI is InChI=1S/C13H16N2O5/c1-8(2)12(18)20-4-3-14-13(19)15-9-5-10(16)7-11(17)6-9/h5-7,16-17H,1,3-4H2,2H3,(H2,14,15,19). The molecule has 0 bridgehead atoms. The van der Waals surface area contributed by atoms with Crippen molar-refractivity contribution in [2.75, 3.05) is 18.5 Å². The van der Waals surface area contributed by atoms with Gasteiger partial charge in [0, 0.05) is 29.5 Å². The molecule has 0 heterocycles. The van der Waals surface area contributed by atoms with Crippen molar-refractivity contribution in [1.29, 1.82) is 0 Å². The number of carbonyl (C=O) groups excluding carboxylic acids is 2. The maximum absolute atomic E-state index is 11.5. The second-order valence-corrected chi connectivity index (χ2v) is 4.04. The number of aromatic hydroxyl groups is 2. The molecule has 0 spiro atoms. The Morgan fingerprint density at radius 1 is 1.25 bits per heavy atom. The third-order valence-corrected chi connectivity index (χ3v) is 2.13. The van der Waals surface area contributed by atoms with Crippen molar-refractivity contribution >= 4 is 17.7 Å². The van der Waals surface area contributed by atoms with Crippen LogP contribution < -0.4 is 10.6 Å². The Balaban J connectivity index is 2.33. The summed E-state index contributed by atoms with van der Waals surface area (Å²) in [6.07, 6.45) is 0. The quantitative estimate of drug-likeness (QED) is 0.370. The third kappa shape index (κ3) is 5.30. The van der Waals surface area contributed by atoms with E-state index in [1.54, 1.807) is 0 Å². The van der Waals surface area contributed by atoms with Gasteiger partial charge in [-0.3, -0.25) is 0 Å². The van der Waals surface area contributed by atoms with Crippen LogP contribution in [0.1, 0.15) is 6.92 Å². The van der Waals surface area contributed by atoms with Crippen molar-refractivity contribution < 1.29 is 24.5 Å². The van der Waals surface area contributed by atoms with Crippen LogP contribution in [0.4, 0.5) is 10.5 Å². The molecule has 0 aromatic heterocycles. The predicted molar refractivity (Wildman–Crippen MR) is 72.6 cm³/mol. The number of urea groups is 1. The van der Waals surface area contributed by atoms with Gasteiger partial charge in [0.25, 0.3) is 0 Å². The van der Waals surface area contributed by atoms with Gasteiger partial charge in [-0.2, -0.15) is 0 Å². The lowest BCUT2D eigenvalue weighted by atomic mass is 10.3. The van der Waals surface area contributed by atoms with E-state index in [-0.39, 0.29) is 35.9 Å². The fraction of sp³-hybridized carbons (Fsp3) is 0.231. The highest BCUT2D eigenvalue weighted by atomic mass is 16.5. The number of hydrogen-bond acceptors (Lipinski definition) is 5. The molecule has 1 rings (SSSR count). The van der Waals surface area contributed by atoms with Crippen LogP contribution in [0, 0.1) is 0 Å². The molecule has 7 nitrogen and oxygen atoms in total. The van der Waals surface area contributed by atoms with Crippen molar-refractivity contribution in [2.45, 2.75) is 6.92 Å². The Labute approximate surface area is 115 Å². The van der Waals surface area contributed by atoms with Crippen molar-refractivity contribution in [3.05, 3.63) is 30.4 Å². The van der Waals surface area contributed by atoms with E-state index in [0.717, 1.165) is 6.07 Å². The van der Waals surface area contributed by atoms with Gasteiger partial charge in [0.2, 0.25) is 0 Å². The van der Waals surface area contributed by atoms with Gasteiger partial charge in [-0.25, -0.2) is 9.59 Å². The van der Waals surface area contributed by atoms with E-state index in [0.29, 0.717) is 0 Å². The molecular formula is C13H16N2O5. The lowest BCUT2D eigenvalue weighted by molar-refractivity contribution is -0.138. The van der Waals surface area contributed by atoms with Gasteiger partial charge >= 0.3 is 12.0 Å². The maximum Gasteiger partial charge on any atom is 0.333 e. The lowest BCUT2D eigenvalue weighted by Gasteiger charge is -2.09. The summed E-state index contributed by atoms with van der Waals surface area (Å²) < 4.78 is 4.78. The zero-order valence-corrected chi connectivity index (χ0v) is 11.0. The summed E-state index contributed by atoms with van der Waals surface area (Å²) in [6.45, 7) is 5.08. The summed E-state index contributed by atoms with van der Waals surface area (Å²) in [7, 11) is 0. The van der Waals surface area contributed by atoms with Crippen LogP contribution in [0.25, 0.3) is 0 Å². The molecule has 7 heteroatoms. The molecule has 0 aliphatic heterocycles. The molecule has 0 aliphatic rings. The number of carbonyl (C=O) groups is 2. The summed E-state index contributed by atoms with van der Waals surface area (Å²) in [4.78, 5) is 22.5. The van der Waals surface area contributed by atoms with Gasteiger partial charge in [0.05, 0.1) is 6.54 Å². The Bertz CT molecular complexity index is 507. The Morgan fingerprint density at radius 3 is 2.40 bits per heavy atom. The monoisotopic (exact) mass is 280 g/mol. The summed E-state index contributed by atoms with van der Waals surface area (Å²) >= 11 is 0. The van der Waals surface area contributed by atoms with Crippen molar-refractivity contribution in [3.63, 3.8) is 0 Å². The highest BCUT2D eigenvalue weighted by molar-refractivity contribution is 5.89. The molecule has 0 fully saturated rings. The maximum atomic E-state index is 11.5. The Hall–Kier alpha value is -2.70. The second-order valence-electron chi connectivity index (χ2n) is 4.04. The third-order valence-electron chi connectivity index (χ3n) is 2.13. The average Bonchev–Trinajstić information content (AvgIpc) is 2.32. The molecule has 0 atom stereocenters. The van der Waals surface area contributed by atoms with Gasteiger partial charge in [-0.05, 0) is 6.92 Å². The SMILES string of the molecule is C=C(C)C(=O)OCCNC(=O)Nc1cc(O)cc(O)c1. The van der Waals surface area contributed by atoms with E-state index in [2.05, 4.69) is 17.2 Å². The molecule has 1 aromatic carbocycles. The molecule has 2 amide bonds. The first kappa shape index (κ1) is 15.4. The van der Waals surface area contributed by atoms with E-state index < -0.39 is 12.0 Å². The van der Waals surface area contributed by atoms with Crippen LogP contribution in [-0.4, -0.2) is 35.4 Å². The number of phenolic OH excluding ortho intramolecular Hbond substituents is 2. The summed E-state index contributed by atoms with van der Waals surface area (Å²) in [5.41, 5.74) is 0.517. The molecule has 0 unspecified atom stereocenters. The number of nitrogens with one attached hydrogen (secondary N) is 2. The number of ether oxygens (including phenoxy) is 1. The average molecular weight is 280 g/mol. The van der Waals surface area contributed by atoms with E-state index >= 15 is 0 Å². The molecule has 108 valence electrons. The Kier molecular flexibility index (Phi) is 5.40. The molecule has 0 aliphatic carbocycles. The molecule has 0 radical (unpaired) electrons. The van der Waals surface area contributed by atoms with E-state index in [9.17, 15) is 19.8 Å². The lowest BCUT2D eigenvalue weighted by Crippen LogP contribution is -2.32. The van der Waals surface area contributed by atoms with E-state index in [1.807, 2.05) is 0 Å². The molecular weight excluding hydrogens is 264 g/mol. The van der Waals surface area contributed by atoms with Crippen molar-refractivity contribution in [2.24, 2.45) is 0 Å². The first-order valence-electron chi connectivity index (χ1n) is 5.79. The number of rotatable bonds is 5. The molecule has 0 saturated heterocycles. The fourth-order valence-electron chi connectivity index (χ4n) is 1.27. The highest BCUT2D eigenvalue weighted by Gasteiger charge is 2.05. The number of amides is 2. The van der Waals surface area contributed by atoms with Crippen molar-refractivity contribution in [3.8, 4) is 11.5 Å². The highest BCUT2D eigenvalue weighted by Crippen LogP contribution is 2.23. The minimum absolute atomic E-state index is 0.0183. The summed E-state index contributed by atoms with van der Waals surface area (Å²) in [6, 6.07) is 3.14.